The first kappa shape index (κ1) is 17.5. The van der Waals surface area contributed by atoms with E-state index < -0.39 is 11.3 Å². The molecule has 1 amide bonds. The van der Waals surface area contributed by atoms with Crippen LogP contribution in [0.2, 0.25) is 0 Å². The Balaban J connectivity index is 2.06. The van der Waals surface area contributed by atoms with E-state index in [0.717, 1.165) is 5.56 Å². The van der Waals surface area contributed by atoms with Crippen LogP contribution >= 0.6 is 0 Å². The number of benzene rings is 1. The molecule has 126 valence electrons. The number of hydrogen-bond acceptors (Lipinski definition) is 4. The molecule has 1 aromatic carbocycles. The van der Waals surface area contributed by atoms with Crippen LogP contribution in [-0.4, -0.2) is 41.2 Å². The quantitative estimate of drug-likeness (QED) is 0.800. The molecule has 0 bridgehead atoms. The van der Waals surface area contributed by atoms with E-state index in [1.165, 1.54) is 0 Å². The van der Waals surface area contributed by atoms with Crippen molar-refractivity contribution < 1.29 is 14.3 Å². The van der Waals surface area contributed by atoms with Crippen molar-refractivity contribution in [1.29, 1.82) is 0 Å². The second-order valence-electron chi connectivity index (χ2n) is 7.15. The summed E-state index contributed by atoms with van der Waals surface area (Å²) in [5, 5.41) is 0. The van der Waals surface area contributed by atoms with Crippen molar-refractivity contribution in [2.45, 2.75) is 58.5 Å². The Morgan fingerprint density at radius 1 is 1.39 bits per heavy atom. The van der Waals surface area contributed by atoms with Gasteiger partial charge in [0.05, 0.1) is 19.2 Å². The smallest absolute Gasteiger partial charge is 0.413 e. The van der Waals surface area contributed by atoms with E-state index >= 15 is 0 Å². The Hall–Kier alpha value is -1.88. The highest BCUT2D eigenvalue weighted by Gasteiger charge is 2.45. The number of aliphatic imine (C=N–C) groups is 1. The molecular weight excluding hydrogens is 292 g/mol. The summed E-state index contributed by atoms with van der Waals surface area (Å²) in [5.74, 6) is 0. The third-order valence-corrected chi connectivity index (χ3v) is 3.50. The Morgan fingerprint density at radius 3 is 2.65 bits per heavy atom. The molecule has 0 unspecified atom stereocenters. The Bertz CT molecular complexity index is 561. The maximum atomic E-state index is 12.5. The molecule has 0 spiro atoms. The lowest BCUT2D eigenvalue weighted by molar-refractivity contribution is -0.0604. The number of carbonyl (C=O) groups excluding carboxylic acids is 1. The molecule has 5 nitrogen and oxygen atoms in total. The molecule has 1 heterocycles. The van der Waals surface area contributed by atoms with Gasteiger partial charge in [-0.3, -0.25) is 9.89 Å². The van der Waals surface area contributed by atoms with Crippen molar-refractivity contribution in [3.8, 4) is 0 Å². The average molecular weight is 318 g/mol. The van der Waals surface area contributed by atoms with Gasteiger partial charge in [-0.2, -0.15) is 0 Å². The third-order valence-electron chi connectivity index (χ3n) is 3.50. The molecule has 1 fully saturated rings. The minimum Gasteiger partial charge on any atom is -0.444 e. The van der Waals surface area contributed by atoms with Crippen LogP contribution < -0.4 is 0 Å². The molecule has 0 aromatic heterocycles. The van der Waals surface area contributed by atoms with Crippen molar-refractivity contribution >= 4 is 12.3 Å². The number of amides is 1. The van der Waals surface area contributed by atoms with Gasteiger partial charge in [-0.25, -0.2) is 4.79 Å². The second-order valence-corrected chi connectivity index (χ2v) is 7.15. The van der Waals surface area contributed by atoms with Gasteiger partial charge in [0.15, 0.2) is 0 Å². The summed E-state index contributed by atoms with van der Waals surface area (Å²) in [5.41, 5.74) is -0.112. The highest BCUT2D eigenvalue weighted by molar-refractivity contribution is 5.77. The number of carbonyl (C=O) groups is 1. The standard InChI is InChI=1S/C18H26N2O3/c1-17(2,3)23-16(21)20-15(13-22-18(20,4)5)12-19-11-14-9-7-6-8-10-14/h6-10,12,15H,11,13H2,1-5H3/t15-/m0/s1. The van der Waals surface area contributed by atoms with E-state index in [0.29, 0.717) is 13.2 Å². The van der Waals surface area contributed by atoms with Crippen LogP contribution in [0.1, 0.15) is 40.2 Å². The predicted octanol–water partition coefficient (Wildman–Crippen LogP) is 3.63. The highest BCUT2D eigenvalue weighted by atomic mass is 16.6. The van der Waals surface area contributed by atoms with Gasteiger partial charge in [0.1, 0.15) is 11.3 Å². The summed E-state index contributed by atoms with van der Waals surface area (Å²) in [4.78, 5) is 18.6. The highest BCUT2D eigenvalue weighted by Crippen LogP contribution is 2.28. The van der Waals surface area contributed by atoms with Crippen LogP contribution in [-0.2, 0) is 16.0 Å². The molecule has 0 aliphatic carbocycles. The Morgan fingerprint density at radius 2 is 2.04 bits per heavy atom. The predicted molar refractivity (Wildman–Crippen MR) is 90.5 cm³/mol. The van der Waals surface area contributed by atoms with Crippen molar-refractivity contribution in [3.05, 3.63) is 35.9 Å². The van der Waals surface area contributed by atoms with Crippen LogP contribution in [0.25, 0.3) is 0 Å². The summed E-state index contributed by atoms with van der Waals surface area (Å²) in [6.45, 7) is 10.3. The van der Waals surface area contributed by atoms with Crippen molar-refractivity contribution in [2.24, 2.45) is 4.99 Å². The molecule has 23 heavy (non-hydrogen) atoms. The van der Waals surface area contributed by atoms with Crippen LogP contribution in [0.15, 0.2) is 35.3 Å². The molecule has 2 rings (SSSR count). The molecular formula is C18H26N2O3. The van der Waals surface area contributed by atoms with Gasteiger partial charge < -0.3 is 9.47 Å². The lowest BCUT2D eigenvalue weighted by Crippen LogP contribution is -2.50. The fourth-order valence-electron chi connectivity index (χ4n) is 2.47. The first-order valence-electron chi connectivity index (χ1n) is 7.89. The third kappa shape index (κ3) is 4.79. The summed E-state index contributed by atoms with van der Waals surface area (Å²) < 4.78 is 11.2. The average Bonchev–Trinajstić information content (AvgIpc) is 2.73. The van der Waals surface area contributed by atoms with E-state index in [9.17, 15) is 4.79 Å². The molecule has 1 aliphatic rings. The van der Waals surface area contributed by atoms with Gasteiger partial charge in [0, 0.05) is 6.21 Å². The minimum atomic E-state index is -0.703. The topological polar surface area (TPSA) is 51.1 Å². The largest absolute Gasteiger partial charge is 0.444 e. The van der Waals surface area contributed by atoms with E-state index in [1.54, 1.807) is 11.1 Å². The SMILES string of the molecule is CC(C)(C)OC(=O)N1[C@@H](C=NCc2ccccc2)COC1(C)C. The van der Waals surface area contributed by atoms with Gasteiger partial charge >= 0.3 is 6.09 Å². The zero-order valence-corrected chi connectivity index (χ0v) is 14.6. The van der Waals surface area contributed by atoms with E-state index in [-0.39, 0.29) is 12.1 Å². The molecule has 0 N–H and O–H groups in total. The number of rotatable bonds is 3. The lowest BCUT2D eigenvalue weighted by Gasteiger charge is -2.34. The number of hydrogen-bond donors (Lipinski definition) is 0. The number of nitrogens with zero attached hydrogens (tertiary/aromatic N) is 2. The van der Waals surface area contributed by atoms with Gasteiger partial charge in [-0.15, -0.1) is 0 Å². The summed E-state index contributed by atoms with van der Waals surface area (Å²) in [6, 6.07) is 9.78. The maximum Gasteiger partial charge on any atom is 0.413 e. The monoisotopic (exact) mass is 318 g/mol. The second kappa shape index (κ2) is 6.71. The lowest BCUT2D eigenvalue weighted by atomic mass is 10.2. The van der Waals surface area contributed by atoms with Crippen LogP contribution in [0, 0.1) is 0 Å². The van der Waals surface area contributed by atoms with Gasteiger partial charge in [-0.05, 0) is 40.2 Å². The van der Waals surface area contributed by atoms with Crippen molar-refractivity contribution in [3.63, 3.8) is 0 Å². The Labute approximate surface area is 138 Å². The summed E-state index contributed by atoms with van der Waals surface area (Å²) >= 11 is 0. The number of ether oxygens (including phenoxy) is 2. The Kier molecular flexibility index (Phi) is 5.09. The van der Waals surface area contributed by atoms with Crippen molar-refractivity contribution in [2.75, 3.05) is 6.61 Å². The van der Waals surface area contributed by atoms with E-state index in [1.807, 2.05) is 65.0 Å². The molecule has 1 saturated heterocycles. The van der Waals surface area contributed by atoms with E-state index in [4.69, 9.17) is 9.47 Å². The van der Waals surface area contributed by atoms with Crippen molar-refractivity contribution in [1.82, 2.24) is 4.90 Å². The fraction of sp³-hybridized carbons (Fsp3) is 0.556. The summed E-state index contributed by atoms with van der Waals surface area (Å²) in [6.07, 6.45) is 1.40. The van der Waals surface area contributed by atoms with Crippen LogP contribution in [0.5, 0.6) is 0 Å². The van der Waals surface area contributed by atoms with Crippen LogP contribution in [0.4, 0.5) is 4.79 Å². The van der Waals surface area contributed by atoms with Gasteiger partial charge in [0.25, 0.3) is 0 Å². The molecule has 1 aliphatic heterocycles. The molecule has 0 saturated carbocycles. The zero-order valence-electron chi connectivity index (χ0n) is 14.6. The summed E-state index contributed by atoms with van der Waals surface area (Å²) in [7, 11) is 0. The molecule has 1 atom stereocenters. The van der Waals surface area contributed by atoms with Gasteiger partial charge in [0.2, 0.25) is 0 Å². The molecule has 5 heteroatoms. The minimum absolute atomic E-state index is 0.219. The fourth-order valence-corrected chi connectivity index (χ4v) is 2.47. The van der Waals surface area contributed by atoms with Gasteiger partial charge in [-0.1, -0.05) is 30.3 Å². The first-order chi connectivity index (χ1) is 10.7. The molecule has 1 aromatic rings. The maximum absolute atomic E-state index is 12.5. The first-order valence-corrected chi connectivity index (χ1v) is 7.89. The molecule has 0 radical (unpaired) electrons. The van der Waals surface area contributed by atoms with E-state index in [2.05, 4.69) is 4.99 Å². The normalized spacial score (nSPS) is 20.9. The van der Waals surface area contributed by atoms with Crippen LogP contribution in [0.3, 0.4) is 0 Å². The zero-order chi connectivity index (χ0) is 17.1.